The van der Waals surface area contributed by atoms with Gasteiger partial charge in [-0.25, -0.2) is 9.48 Å². The molecule has 0 unspecified atom stereocenters. The molecule has 0 aliphatic heterocycles. The van der Waals surface area contributed by atoms with E-state index < -0.39 is 12.1 Å². The minimum atomic E-state index is -5.08. The largest absolute Gasteiger partial charge is 0.490 e. The van der Waals surface area contributed by atoms with Gasteiger partial charge in [-0.05, 0) is 48.9 Å². The number of carboxylic acid groups (broad SMARTS) is 1. The molecule has 160 valence electrons. The maximum absolute atomic E-state index is 10.6. The third-order valence-electron chi connectivity index (χ3n) is 4.83. The number of aliphatic carboxylic acids is 1. The molecule has 1 heterocycles. The number of aryl methyl sites for hydroxylation is 1. The molecule has 1 aromatic heterocycles. The first-order chi connectivity index (χ1) is 13.6. The Bertz CT molecular complexity index is 827. The van der Waals surface area contributed by atoms with E-state index in [-0.39, 0.29) is 6.61 Å². The Morgan fingerprint density at radius 3 is 2.59 bits per heavy atom. The molecule has 1 saturated carbocycles. The van der Waals surface area contributed by atoms with Crippen molar-refractivity contribution < 1.29 is 28.2 Å². The number of hydrogen-bond donors (Lipinski definition) is 3. The molecule has 0 bridgehead atoms. The zero-order valence-corrected chi connectivity index (χ0v) is 16.5. The quantitative estimate of drug-likeness (QED) is 0.669. The molecule has 1 fully saturated rings. The van der Waals surface area contributed by atoms with Crippen molar-refractivity contribution in [1.29, 1.82) is 0 Å². The Balaban J connectivity index is 0.000000370. The molecule has 3 rings (SSSR count). The Morgan fingerprint density at radius 1 is 1.38 bits per heavy atom. The molecule has 0 saturated heterocycles. The molecule has 3 N–H and O–H groups in total. The first kappa shape index (κ1) is 23.2. The number of halogens is 4. The van der Waals surface area contributed by atoms with E-state index in [1.54, 1.807) is 17.1 Å². The summed E-state index contributed by atoms with van der Waals surface area (Å²) in [4.78, 5) is 8.90. The summed E-state index contributed by atoms with van der Waals surface area (Å²) in [7, 11) is 0. The lowest BCUT2D eigenvalue weighted by Gasteiger charge is -2.20. The summed E-state index contributed by atoms with van der Waals surface area (Å²) in [5.74, 6) is -2.35. The van der Waals surface area contributed by atoms with E-state index in [4.69, 9.17) is 21.5 Å². The number of aliphatic hydroxyl groups is 1. The summed E-state index contributed by atoms with van der Waals surface area (Å²) in [6, 6.07) is 6.76. The number of aromatic nitrogens is 2. The summed E-state index contributed by atoms with van der Waals surface area (Å²) < 4.78 is 33.5. The highest BCUT2D eigenvalue weighted by Crippen LogP contribution is 2.25. The number of nitrogens with zero attached hydrogens (tertiary/aromatic N) is 2. The predicted octanol–water partition coefficient (Wildman–Crippen LogP) is 3.72. The lowest BCUT2D eigenvalue weighted by Crippen LogP contribution is -2.33. The SMILES string of the molecule is Cc1cc(-n2cc(Cl)cn2)ccc1CN[C@@H]1CCC[C@H]1CO.O=C(O)C(F)(F)F. The summed E-state index contributed by atoms with van der Waals surface area (Å²) in [6.07, 6.45) is 1.86. The Hall–Kier alpha value is -2.10. The maximum atomic E-state index is 10.6. The minimum absolute atomic E-state index is 0.287. The third-order valence-corrected chi connectivity index (χ3v) is 5.03. The van der Waals surface area contributed by atoms with Gasteiger partial charge >= 0.3 is 12.1 Å². The fourth-order valence-corrected chi connectivity index (χ4v) is 3.36. The molecule has 2 aromatic rings. The van der Waals surface area contributed by atoms with Gasteiger partial charge in [-0.15, -0.1) is 0 Å². The molecule has 0 amide bonds. The third kappa shape index (κ3) is 6.73. The zero-order chi connectivity index (χ0) is 21.6. The van der Waals surface area contributed by atoms with Gasteiger partial charge in [0.15, 0.2) is 0 Å². The second kappa shape index (κ2) is 10.1. The van der Waals surface area contributed by atoms with Crippen LogP contribution in [0, 0.1) is 12.8 Å². The number of nitrogens with one attached hydrogen (secondary N) is 1. The number of carbonyl (C=O) groups is 1. The van der Waals surface area contributed by atoms with Gasteiger partial charge in [0, 0.05) is 25.4 Å². The van der Waals surface area contributed by atoms with Crippen LogP contribution in [0.2, 0.25) is 5.02 Å². The average molecular weight is 434 g/mol. The highest BCUT2D eigenvalue weighted by atomic mass is 35.5. The Kier molecular flexibility index (Phi) is 8.06. The highest BCUT2D eigenvalue weighted by molar-refractivity contribution is 6.30. The molecule has 0 radical (unpaired) electrons. The van der Waals surface area contributed by atoms with Crippen molar-refractivity contribution in [2.24, 2.45) is 5.92 Å². The van der Waals surface area contributed by atoms with Crippen molar-refractivity contribution in [3.05, 3.63) is 46.7 Å². The number of aliphatic hydroxyl groups excluding tert-OH is 1. The van der Waals surface area contributed by atoms with Crippen LogP contribution >= 0.6 is 11.6 Å². The van der Waals surface area contributed by atoms with Crippen LogP contribution in [0.15, 0.2) is 30.6 Å². The number of carboxylic acids is 1. The zero-order valence-electron chi connectivity index (χ0n) is 15.8. The molecule has 1 aromatic carbocycles. The normalized spacial score (nSPS) is 19.0. The standard InChI is InChI=1S/C17H22ClN3O.C2HF3O2/c1-12-7-16(21-10-15(18)9-20-21)6-5-13(12)8-19-17-4-2-3-14(17)11-22;3-2(4,5)1(6)7/h5-7,9-10,14,17,19,22H,2-4,8,11H2,1H3;(H,6,7)/t14-,17+;/m0./s1. The topological polar surface area (TPSA) is 87.4 Å². The Morgan fingerprint density at radius 2 is 2.07 bits per heavy atom. The van der Waals surface area contributed by atoms with Crippen molar-refractivity contribution in [3.8, 4) is 5.69 Å². The van der Waals surface area contributed by atoms with Crippen molar-refractivity contribution in [2.75, 3.05) is 6.61 Å². The summed E-state index contributed by atoms with van der Waals surface area (Å²) >= 11 is 5.92. The fourth-order valence-electron chi connectivity index (χ4n) is 3.23. The van der Waals surface area contributed by atoms with Crippen LogP contribution < -0.4 is 5.32 Å². The molecule has 10 heteroatoms. The molecule has 2 atom stereocenters. The van der Waals surface area contributed by atoms with E-state index in [2.05, 4.69) is 35.5 Å². The maximum Gasteiger partial charge on any atom is 0.490 e. The van der Waals surface area contributed by atoms with Crippen LogP contribution in [-0.2, 0) is 11.3 Å². The minimum Gasteiger partial charge on any atom is -0.475 e. The number of alkyl halides is 3. The Labute approximate surface area is 171 Å². The predicted molar refractivity (Wildman–Crippen MR) is 102 cm³/mol. The second-order valence-electron chi connectivity index (χ2n) is 6.88. The van der Waals surface area contributed by atoms with E-state index in [1.807, 2.05) is 0 Å². The average Bonchev–Trinajstić information content (AvgIpc) is 3.28. The highest BCUT2D eigenvalue weighted by Gasteiger charge is 2.38. The molecular formula is C19H23ClF3N3O3. The molecule has 1 aliphatic rings. The van der Waals surface area contributed by atoms with E-state index in [9.17, 15) is 18.3 Å². The van der Waals surface area contributed by atoms with Crippen LogP contribution in [0.3, 0.4) is 0 Å². The van der Waals surface area contributed by atoms with E-state index in [0.29, 0.717) is 17.0 Å². The van der Waals surface area contributed by atoms with Crippen molar-refractivity contribution in [1.82, 2.24) is 15.1 Å². The lowest BCUT2D eigenvalue weighted by molar-refractivity contribution is -0.192. The van der Waals surface area contributed by atoms with Crippen molar-refractivity contribution in [3.63, 3.8) is 0 Å². The van der Waals surface area contributed by atoms with Gasteiger partial charge in [0.25, 0.3) is 0 Å². The van der Waals surface area contributed by atoms with Gasteiger partial charge in [0.2, 0.25) is 0 Å². The second-order valence-corrected chi connectivity index (χ2v) is 7.31. The van der Waals surface area contributed by atoms with Gasteiger partial charge in [0.05, 0.1) is 16.9 Å². The van der Waals surface area contributed by atoms with Crippen LogP contribution in [0.25, 0.3) is 5.69 Å². The van der Waals surface area contributed by atoms with Crippen LogP contribution in [0.4, 0.5) is 13.2 Å². The molecule has 0 spiro atoms. The molecule has 29 heavy (non-hydrogen) atoms. The summed E-state index contributed by atoms with van der Waals surface area (Å²) in [5, 5.41) is 25.0. The number of hydrogen-bond acceptors (Lipinski definition) is 4. The number of rotatable bonds is 5. The first-order valence-corrected chi connectivity index (χ1v) is 9.44. The van der Waals surface area contributed by atoms with Crippen LogP contribution in [-0.4, -0.2) is 44.8 Å². The fraction of sp³-hybridized carbons (Fsp3) is 0.474. The van der Waals surface area contributed by atoms with Gasteiger partial charge in [-0.2, -0.15) is 18.3 Å². The van der Waals surface area contributed by atoms with Crippen LogP contribution in [0.5, 0.6) is 0 Å². The van der Waals surface area contributed by atoms with Gasteiger partial charge in [0.1, 0.15) is 0 Å². The number of benzene rings is 1. The lowest BCUT2D eigenvalue weighted by atomic mass is 10.0. The summed E-state index contributed by atoms with van der Waals surface area (Å²) in [5.41, 5.74) is 3.53. The van der Waals surface area contributed by atoms with E-state index >= 15 is 0 Å². The molecule has 6 nitrogen and oxygen atoms in total. The first-order valence-electron chi connectivity index (χ1n) is 9.06. The van der Waals surface area contributed by atoms with Gasteiger partial charge < -0.3 is 15.5 Å². The van der Waals surface area contributed by atoms with Crippen LogP contribution in [0.1, 0.15) is 30.4 Å². The molecule has 1 aliphatic carbocycles. The van der Waals surface area contributed by atoms with E-state index in [0.717, 1.165) is 25.1 Å². The smallest absolute Gasteiger partial charge is 0.475 e. The van der Waals surface area contributed by atoms with Crippen molar-refractivity contribution in [2.45, 2.75) is 44.9 Å². The van der Waals surface area contributed by atoms with E-state index in [1.165, 1.54) is 17.5 Å². The van der Waals surface area contributed by atoms with Crippen molar-refractivity contribution >= 4 is 17.6 Å². The van der Waals surface area contributed by atoms with Gasteiger partial charge in [-0.3, -0.25) is 0 Å². The van der Waals surface area contributed by atoms with Gasteiger partial charge in [-0.1, -0.05) is 24.1 Å². The summed E-state index contributed by atoms with van der Waals surface area (Å²) in [6.45, 7) is 3.24. The molecular weight excluding hydrogens is 411 g/mol. The monoisotopic (exact) mass is 433 g/mol.